The number of carbonyl (C=O) groups excluding carboxylic acids is 2. The van der Waals surface area contributed by atoms with Crippen LogP contribution >= 0.6 is 0 Å². The number of benzene rings is 1. The first-order chi connectivity index (χ1) is 18.2. The highest BCUT2D eigenvalue weighted by molar-refractivity contribution is 6.42. The lowest BCUT2D eigenvalue weighted by molar-refractivity contribution is -0.127. The van der Waals surface area contributed by atoms with Crippen molar-refractivity contribution in [1.82, 2.24) is 25.2 Å². The molecule has 3 unspecified atom stereocenters. The molecule has 3 N–H and O–H groups in total. The molecule has 202 valence electrons. The predicted molar refractivity (Wildman–Crippen MR) is 151 cm³/mol. The van der Waals surface area contributed by atoms with Gasteiger partial charge in [0.15, 0.2) is 5.78 Å². The van der Waals surface area contributed by atoms with Gasteiger partial charge in [-0.2, -0.15) is 0 Å². The normalized spacial score (nSPS) is 16.7. The second kappa shape index (κ2) is 12.0. The molecule has 0 spiro atoms. The molecule has 1 aliphatic carbocycles. The van der Waals surface area contributed by atoms with Crippen LogP contribution in [0.3, 0.4) is 0 Å². The van der Waals surface area contributed by atoms with Gasteiger partial charge in [-0.25, -0.2) is 9.97 Å². The van der Waals surface area contributed by atoms with Crippen LogP contribution in [-0.4, -0.2) is 51.1 Å². The van der Waals surface area contributed by atoms with E-state index >= 15 is 0 Å². The number of ketones is 1. The summed E-state index contributed by atoms with van der Waals surface area (Å²) in [4.78, 5) is 36.0. The summed E-state index contributed by atoms with van der Waals surface area (Å²) in [5.74, 6) is 0.337. The third kappa shape index (κ3) is 5.70. The Bertz CT molecular complexity index is 1320. The molecule has 38 heavy (non-hydrogen) atoms. The van der Waals surface area contributed by atoms with E-state index in [0.29, 0.717) is 17.9 Å². The van der Waals surface area contributed by atoms with E-state index in [1.165, 1.54) is 0 Å². The Morgan fingerprint density at radius 2 is 1.84 bits per heavy atom. The van der Waals surface area contributed by atoms with E-state index in [1.807, 2.05) is 36.6 Å². The van der Waals surface area contributed by atoms with Crippen LogP contribution in [0, 0.1) is 25.2 Å². The van der Waals surface area contributed by atoms with Gasteiger partial charge in [0.25, 0.3) is 0 Å². The van der Waals surface area contributed by atoms with E-state index in [0.717, 1.165) is 54.4 Å². The van der Waals surface area contributed by atoms with Crippen molar-refractivity contribution in [1.29, 1.82) is 5.41 Å². The van der Waals surface area contributed by atoms with Crippen LogP contribution in [0.15, 0.2) is 36.5 Å². The fourth-order valence-corrected chi connectivity index (χ4v) is 5.59. The molecule has 0 saturated heterocycles. The van der Waals surface area contributed by atoms with E-state index in [-0.39, 0.29) is 23.3 Å². The molecule has 1 amide bonds. The summed E-state index contributed by atoms with van der Waals surface area (Å²) < 4.78 is 2.05. The van der Waals surface area contributed by atoms with Crippen LogP contribution in [0.2, 0.25) is 0 Å². The zero-order valence-electron chi connectivity index (χ0n) is 23.2. The second-order valence-corrected chi connectivity index (χ2v) is 10.5. The number of Topliss-reactive ketones (excluding diaryl/α,β-unsaturated/α-hetero) is 1. The number of carbonyl (C=O) groups is 2. The molecular weight excluding hydrogens is 476 g/mol. The first-order valence-electron chi connectivity index (χ1n) is 13.8. The molecule has 0 bridgehead atoms. The van der Waals surface area contributed by atoms with E-state index in [1.54, 1.807) is 14.0 Å². The summed E-state index contributed by atoms with van der Waals surface area (Å²) in [6, 6.07) is 8.96. The van der Waals surface area contributed by atoms with Crippen LogP contribution in [-0.2, 0) is 9.59 Å². The first kappa shape index (κ1) is 27.6. The Morgan fingerprint density at radius 3 is 2.53 bits per heavy atom. The van der Waals surface area contributed by atoms with Gasteiger partial charge in [-0.1, -0.05) is 44.4 Å². The number of para-hydroxylation sites is 1. The number of aromatic nitrogens is 3. The Hall–Kier alpha value is -3.39. The average Bonchev–Trinajstić information content (AvgIpc) is 3.27. The lowest BCUT2D eigenvalue weighted by Gasteiger charge is -2.31. The quantitative estimate of drug-likeness (QED) is 0.335. The highest BCUT2D eigenvalue weighted by Crippen LogP contribution is 2.30. The molecule has 0 radical (unpaired) electrons. The highest BCUT2D eigenvalue weighted by atomic mass is 16.2. The Morgan fingerprint density at radius 1 is 1.13 bits per heavy atom. The maximum Gasteiger partial charge on any atom is 0.237 e. The number of hydrogen-bond donors (Lipinski definition) is 3. The number of hydrogen-bond acceptors (Lipinski definition) is 6. The van der Waals surface area contributed by atoms with Crippen LogP contribution in [0.5, 0.6) is 0 Å². The SMILES string of the molecule is CCC(C(=N)C(=O)C(NC(=O)C(C)NC)C1CCCCC1)c1cc(-n2cc(C)c3ccccc32)nc(C)n1. The molecular formula is C30H40N6O2. The van der Waals surface area contributed by atoms with Crippen molar-refractivity contribution in [2.45, 2.75) is 84.2 Å². The number of aryl methyl sites for hydroxylation is 2. The van der Waals surface area contributed by atoms with Crippen LogP contribution in [0.4, 0.5) is 0 Å². The predicted octanol–water partition coefficient (Wildman–Crippen LogP) is 4.79. The molecule has 8 nitrogen and oxygen atoms in total. The van der Waals surface area contributed by atoms with Crippen molar-refractivity contribution in [3.63, 3.8) is 0 Å². The van der Waals surface area contributed by atoms with E-state index in [9.17, 15) is 9.59 Å². The monoisotopic (exact) mass is 516 g/mol. The van der Waals surface area contributed by atoms with Gasteiger partial charge in [0, 0.05) is 23.6 Å². The summed E-state index contributed by atoms with van der Waals surface area (Å²) in [5, 5.41) is 16.1. The molecule has 2 aromatic heterocycles. The van der Waals surface area contributed by atoms with Crippen LogP contribution in [0.25, 0.3) is 16.7 Å². The van der Waals surface area contributed by atoms with Crippen LogP contribution in [0.1, 0.15) is 75.4 Å². The van der Waals surface area contributed by atoms with Crippen molar-refractivity contribution in [2.75, 3.05) is 7.05 Å². The van der Waals surface area contributed by atoms with Gasteiger partial charge in [0.1, 0.15) is 11.6 Å². The summed E-state index contributed by atoms with van der Waals surface area (Å²) in [5.41, 5.74) is 2.85. The summed E-state index contributed by atoms with van der Waals surface area (Å²) in [7, 11) is 1.72. The van der Waals surface area contributed by atoms with Crippen molar-refractivity contribution in [2.24, 2.45) is 5.92 Å². The Kier molecular flexibility index (Phi) is 8.72. The van der Waals surface area contributed by atoms with Crippen molar-refractivity contribution < 1.29 is 9.59 Å². The smallest absolute Gasteiger partial charge is 0.237 e. The molecule has 1 saturated carbocycles. The molecule has 1 aliphatic rings. The Balaban J connectivity index is 1.67. The standard InChI is InChI=1S/C30H40N6O2/c1-6-22(27(31)29(37)28(21-12-8-7-9-13-21)35-30(38)19(3)32-5)24-16-26(34-20(4)33-24)36-17-18(2)23-14-10-11-15-25(23)36/h10-11,14-17,19,21-22,28,31-32H,6-9,12-13H2,1-5H3,(H,35,38). The van der Waals surface area contributed by atoms with Gasteiger partial charge >= 0.3 is 0 Å². The largest absolute Gasteiger partial charge is 0.344 e. The van der Waals surface area contributed by atoms with Crippen molar-refractivity contribution in [3.05, 3.63) is 53.6 Å². The number of amides is 1. The second-order valence-electron chi connectivity index (χ2n) is 10.5. The van der Waals surface area contributed by atoms with Gasteiger partial charge in [-0.15, -0.1) is 0 Å². The molecule has 4 rings (SSSR count). The number of rotatable bonds is 10. The average molecular weight is 517 g/mol. The van der Waals surface area contributed by atoms with Crippen LogP contribution < -0.4 is 10.6 Å². The molecule has 2 heterocycles. The Labute approximate surface area is 225 Å². The number of nitrogens with one attached hydrogen (secondary N) is 3. The van der Waals surface area contributed by atoms with Gasteiger partial charge in [0.2, 0.25) is 5.91 Å². The van der Waals surface area contributed by atoms with Gasteiger partial charge in [-0.05, 0) is 64.6 Å². The first-order valence-corrected chi connectivity index (χ1v) is 13.8. The molecule has 8 heteroatoms. The summed E-state index contributed by atoms with van der Waals surface area (Å²) >= 11 is 0. The lowest BCUT2D eigenvalue weighted by Crippen LogP contribution is -2.53. The third-order valence-corrected chi connectivity index (χ3v) is 7.91. The number of nitrogens with zero attached hydrogens (tertiary/aromatic N) is 3. The van der Waals surface area contributed by atoms with E-state index in [4.69, 9.17) is 10.4 Å². The fraction of sp³-hybridized carbons (Fsp3) is 0.500. The van der Waals surface area contributed by atoms with Gasteiger partial charge in [0.05, 0.1) is 29.0 Å². The van der Waals surface area contributed by atoms with Gasteiger partial charge in [-0.3, -0.25) is 9.59 Å². The minimum absolute atomic E-state index is 0.00178. The minimum Gasteiger partial charge on any atom is -0.344 e. The zero-order valence-corrected chi connectivity index (χ0v) is 23.2. The number of likely N-dealkylation sites (N-methyl/N-ethyl adjacent to an activating group) is 1. The highest BCUT2D eigenvalue weighted by Gasteiger charge is 2.36. The van der Waals surface area contributed by atoms with E-state index < -0.39 is 18.0 Å². The summed E-state index contributed by atoms with van der Waals surface area (Å²) in [6.07, 6.45) is 7.58. The molecule has 3 atom stereocenters. The number of fused-ring (bicyclic) bond motifs is 1. The van der Waals surface area contributed by atoms with Crippen molar-refractivity contribution in [3.8, 4) is 5.82 Å². The van der Waals surface area contributed by atoms with E-state index in [2.05, 4.69) is 40.9 Å². The maximum atomic E-state index is 13.9. The zero-order chi connectivity index (χ0) is 27.4. The summed E-state index contributed by atoms with van der Waals surface area (Å²) in [6.45, 7) is 7.66. The molecule has 1 fully saturated rings. The van der Waals surface area contributed by atoms with Crippen molar-refractivity contribution >= 4 is 28.3 Å². The maximum absolute atomic E-state index is 13.9. The van der Waals surface area contributed by atoms with Gasteiger partial charge < -0.3 is 20.6 Å². The molecule has 1 aromatic carbocycles. The third-order valence-electron chi connectivity index (χ3n) is 7.91. The molecule has 3 aromatic rings. The topological polar surface area (TPSA) is 113 Å². The lowest BCUT2D eigenvalue weighted by atomic mass is 9.79. The molecule has 0 aliphatic heterocycles. The minimum atomic E-state index is -0.696. The fourth-order valence-electron chi connectivity index (χ4n) is 5.59.